The van der Waals surface area contributed by atoms with E-state index in [1.54, 1.807) is 34.8 Å². The Kier molecular flexibility index (Phi) is 5.03. The third-order valence-electron chi connectivity index (χ3n) is 8.29. The first kappa shape index (κ1) is 23.4. The third kappa shape index (κ3) is 3.44. The number of hydrogen-bond donors (Lipinski definition) is 2. The molecule has 196 valence electrons. The summed E-state index contributed by atoms with van der Waals surface area (Å²) in [5, 5.41) is 5.85. The number of benzene rings is 2. The van der Waals surface area contributed by atoms with Crippen molar-refractivity contribution in [2.45, 2.75) is 44.2 Å². The maximum Gasteiger partial charge on any atom is 0.329 e. The Morgan fingerprint density at radius 1 is 1.08 bits per heavy atom. The highest BCUT2D eigenvalue weighted by Crippen LogP contribution is 2.47. The van der Waals surface area contributed by atoms with E-state index in [9.17, 15) is 19.2 Å². The lowest BCUT2D eigenvalue weighted by Crippen LogP contribution is -2.35. The first-order chi connectivity index (χ1) is 18.9. The molecule has 2 aliphatic heterocycles. The van der Waals surface area contributed by atoms with Crippen LogP contribution in [0.2, 0.25) is 0 Å². The molecular weight excluding hydrogens is 496 g/mol. The lowest BCUT2D eigenvalue weighted by atomic mass is 9.79. The predicted octanol–water partition coefficient (Wildman–Crippen LogP) is 2.58. The number of para-hydroxylation sites is 1. The van der Waals surface area contributed by atoms with E-state index in [-0.39, 0.29) is 30.0 Å². The molecule has 10 heteroatoms. The zero-order chi connectivity index (χ0) is 26.9. The molecule has 2 N–H and O–H groups in total. The van der Waals surface area contributed by atoms with E-state index < -0.39 is 5.41 Å². The SMILES string of the molecule is CN1C(=O)CCCn2c(=O)n(CC(=O)Nc3ccc4c(c3)CC3(C4)C(=O)Nc4ncccc43)c3cccc1c32. The zero-order valence-electron chi connectivity index (χ0n) is 21.4. The number of imidazole rings is 1. The van der Waals surface area contributed by atoms with Crippen molar-refractivity contribution in [1.29, 1.82) is 0 Å². The third-order valence-corrected chi connectivity index (χ3v) is 8.29. The lowest BCUT2D eigenvalue weighted by molar-refractivity contribution is -0.120. The largest absolute Gasteiger partial charge is 0.329 e. The van der Waals surface area contributed by atoms with Crippen LogP contribution >= 0.6 is 0 Å². The van der Waals surface area contributed by atoms with Gasteiger partial charge in [-0.3, -0.25) is 23.5 Å². The fourth-order valence-corrected chi connectivity index (χ4v) is 6.37. The van der Waals surface area contributed by atoms with Crippen molar-refractivity contribution in [3.8, 4) is 0 Å². The molecule has 10 nitrogen and oxygen atoms in total. The number of nitrogens with one attached hydrogen (secondary N) is 2. The summed E-state index contributed by atoms with van der Waals surface area (Å²) < 4.78 is 3.13. The van der Waals surface area contributed by atoms with Crippen LogP contribution in [0.3, 0.4) is 0 Å². The Morgan fingerprint density at radius 3 is 2.79 bits per heavy atom. The standard InChI is InChI=1S/C29H26N6O4/c1-33-21-6-2-7-22-25(21)34(12-4-8-24(33)37)28(39)35(22)16-23(36)31-19-10-9-17-14-29(15-18(17)13-19)20-5-3-11-30-26(20)32-27(29)38/h2-3,5-7,9-11,13H,4,8,12,14-16H2,1H3,(H,31,36)(H,30,32,38). The number of anilines is 3. The van der Waals surface area contributed by atoms with Crippen LogP contribution in [-0.2, 0) is 45.7 Å². The summed E-state index contributed by atoms with van der Waals surface area (Å²) in [4.78, 5) is 57.9. The van der Waals surface area contributed by atoms with Gasteiger partial charge >= 0.3 is 5.69 Å². The van der Waals surface area contributed by atoms with Crippen LogP contribution < -0.4 is 21.2 Å². The first-order valence-electron chi connectivity index (χ1n) is 13.0. The Balaban J connectivity index is 1.16. The van der Waals surface area contributed by atoms with Gasteiger partial charge in [-0.2, -0.15) is 0 Å². The number of carbonyl (C=O) groups excluding carboxylic acids is 3. The Morgan fingerprint density at radius 2 is 1.92 bits per heavy atom. The maximum atomic E-state index is 13.4. The molecule has 39 heavy (non-hydrogen) atoms. The van der Waals surface area contributed by atoms with Crippen LogP contribution in [0.15, 0.2) is 59.5 Å². The molecule has 1 aliphatic carbocycles. The molecule has 4 aromatic rings. The number of aromatic nitrogens is 3. The van der Waals surface area contributed by atoms with Gasteiger partial charge in [-0.1, -0.05) is 18.2 Å². The van der Waals surface area contributed by atoms with Gasteiger partial charge in [0.25, 0.3) is 0 Å². The normalized spacial score (nSPS) is 19.6. The molecule has 0 radical (unpaired) electrons. The average Bonchev–Trinajstić information content (AvgIpc) is 3.53. The van der Waals surface area contributed by atoms with E-state index in [0.717, 1.165) is 16.7 Å². The van der Waals surface area contributed by atoms with Gasteiger partial charge in [0.05, 0.1) is 22.1 Å². The van der Waals surface area contributed by atoms with Crippen LogP contribution in [0.25, 0.3) is 11.0 Å². The molecule has 0 saturated heterocycles. The van der Waals surface area contributed by atoms with Gasteiger partial charge < -0.3 is 15.5 Å². The Labute approximate surface area is 223 Å². The number of hydrogen-bond acceptors (Lipinski definition) is 5. The molecule has 3 aliphatic rings. The number of rotatable bonds is 3. The number of amides is 3. The van der Waals surface area contributed by atoms with Gasteiger partial charge in [0.1, 0.15) is 12.4 Å². The molecule has 3 amide bonds. The van der Waals surface area contributed by atoms with Crippen molar-refractivity contribution in [2.75, 3.05) is 22.6 Å². The minimum Gasteiger partial charge on any atom is -0.325 e. The quantitative estimate of drug-likeness (QED) is 0.429. The van der Waals surface area contributed by atoms with Crippen LogP contribution in [0.1, 0.15) is 29.5 Å². The maximum absolute atomic E-state index is 13.4. The molecule has 2 aromatic carbocycles. The molecule has 1 unspecified atom stereocenters. The van der Waals surface area contributed by atoms with Crippen LogP contribution in [-0.4, -0.2) is 38.9 Å². The van der Waals surface area contributed by atoms with E-state index in [1.165, 1.54) is 4.57 Å². The molecule has 4 heterocycles. The van der Waals surface area contributed by atoms with E-state index in [0.29, 0.717) is 60.5 Å². The number of nitrogens with zero attached hydrogens (tertiary/aromatic N) is 4. The van der Waals surface area contributed by atoms with E-state index in [1.807, 2.05) is 36.4 Å². The second-order valence-electron chi connectivity index (χ2n) is 10.5. The number of aryl methyl sites for hydroxylation is 1. The minimum atomic E-state index is -0.681. The van der Waals surface area contributed by atoms with Crippen molar-refractivity contribution < 1.29 is 14.4 Å². The Bertz CT molecular complexity index is 1790. The second kappa shape index (κ2) is 8.39. The first-order valence-corrected chi connectivity index (χ1v) is 13.0. The fraction of sp³-hybridized carbons (Fsp3) is 0.276. The van der Waals surface area contributed by atoms with Crippen molar-refractivity contribution in [3.05, 3.63) is 81.9 Å². The minimum absolute atomic E-state index is 0.0000761. The average molecular weight is 523 g/mol. The van der Waals surface area contributed by atoms with Gasteiger partial charge in [0, 0.05) is 37.5 Å². The summed E-state index contributed by atoms with van der Waals surface area (Å²) in [7, 11) is 1.71. The fourth-order valence-electron chi connectivity index (χ4n) is 6.37. The molecular formula is C29H26N6O4. The van der Waals surface area contributed by atoms with Gasteiger partial charge in [0.15, 0.2) is 0 Å². The molecule has 1 atom stereocenters. The van der Waals surface area contributed by atoms with Crippen molar-refractivity contribution in [2.24, 2.45) is 0 Å². The summed E-state index contributed by atoms with van der Waals surface area (Å²) in [6.45, 7) is 0.255. The lowest BCUT2D eigenvalue weighted by Gasteiger charge is -2.21. The number of pyridine rings is 1. The van der Waals surface area contributed by atoms with Crippen LogP contribution in [0, 0.1) is 0 Å². The predicted molar refractivity (Wildman–Crippen MR) is 146 cm³/mol. The molecule has 0 bridgehead atoms. The van der Waals surface area contributed by atoms with Gasteiger partial charge in [0.2, 0.25) is 17.7 Å². The Hall–Kier alpha value is -4.73. The van der Waals surface area contributed by atoms with E-state index in [2.05, 4.69) is 15.6 Å². The molecule has 2 aromatic heterocycles. The monoisotopic (exact) mass is 522 g/mol. The zero-order valence-corrected chi connectivity index (χ0v) is 21.4. The second-order valence-corrected chi connectivity index (χ2v) is 10.5. The van der Waals surface area contributed by atoms with Crippen LogP contribution in [0.5, 0.6) is 0 Å². The summed E-state index contributed by atoms with van der Waals surface area (Å²) in [6.07, 6.45) is 3.68. The van der Waals surface area contributed by atoms with Gasteiger partial charge in [-0.05, 0) is 60.7 Å². The van der Waals surface area contributed by atoms with E-state index >= 15 is 0 Å². The highest BCUT2D eigenvalue weighted by molar-refractivity contribution is 6.06. The van der Waals surface area contributed by atoms with E-state index in [4.69, 9.17) is 0 Å². The van der Waals surface area contributed by atoms with Crippen molar-refractivity contribution >= 4 is 45.9 Å². The highest BCUT2D eigenvalue weighted by Gasteiger charge is 2.51. The summed E-state index contributed by atoms with van der Waals surface area (Å²) in [5.74, 6) is 0.230. The molecule has 1 spiro atoms. The van der Waals surface area contributed by atoms with Crippen molar-refractivity contribution in [3.63, 3.8) is 0 Å². The van der Waals surface area contributed by atoms with Gasteiger partial charge in [-0.25, -0.2) is 9.78 Å². The molecule has 0 fully saturated rings. The molecule has 0 saturated carbocycles. The topological polar surface area (TPSA) is 118 Å². The summed E-state index contributed by atoms with van der Waals surface area (Å²) in [5.41, 5.74) is 4.58. The number of fused-ring (bicyclic) bond motifs is 3. The molecule has 7 rings (SSSR count). The van der Waals surface area contributed by atoms with Crippen molar-refractivity contribution in [1.82, 2.24) is 14.1 Å². The van der Waals surface area contributed by atoms with Crippen LogP contribution in [0.4, 0.5) is 17.2 Å². The van der Waals surface area contributed by atoms with Gasteiger partial charge in [-0.15, -0.1) is 0 Å². The number of carbonyl (C=O) groups is 3. The summed E-state index contributed by atoms with van der Waals surface area (Å²) >= 11 is 0. The smallest absolute Gasteiger partial charge is 0.325 e. The summed E-state index contributed by atoms with van der Waals surface area (Å²) in [6, 6.07) is 14.9. The highest BCUT2D eigenvalue weighted by atomic mass is 16.2.